The van der Waals surface area contributed by atoms with Crippen LogP contribution >= 0.6 is 11.3 Å². The van der Waals surface area contributed by atoms with Crippen LogP contribution in [0.5, 0.6) is 0 Å². The van der Waals surface area contributed by atoms with Crippen LogP contribution in [0.15, 0.2) is 58.7 Å². The van der Waals surface area contributed by atoms with Crippen molar-refractivity contribution in [2.45, 2.75) is 19.1 Å². The molecule has 8 heteroatoms. The molecule has 5 heterocycles. The van der Waals surface area contributed by atoms with E-state index in [2.05, 4.69) is 0 Å². The van der Waals surface area contributed by atoms with E-state index in [9.17, 15) is 14.0 Å². The van der Waals surface area contributed by atoms with Gasteiger partial charge in [-0.25, -0.2) is 4.39 Å². The van der Waals surface area contributed by atoms with E-state index in [1.807, 2.05) is 29.0 Å². The first-order valence-corrected chi connectivity index (χ1v) is 10.9. The number of thiophene rings is 1. The molecule has 0 bridgehead atoms. The average molecular weight is 435 g/mol. The molecule has 156 valence electrons. The molecule has 0 saturated carbocycles. The van der Waals surface area contributed by atoms with E-state index in [1.165, 1.54) is 24.7 Å². The lowest BCUT2D eigenvalue weighted by Gasteiger charge is -2.47. The molecule has 2 aliphatic rings. The minimum absolute atomic E-state index is 0.127. The average Bonchev–Trinajstić information content (AvgIpc) is 3.52. The highest BCUT2D eigenvalue weighted by atomic mass is 32.1. The molecule has 0 aliphatic carbocycles. The third-order valence-corrected chi connectivity index (χ3v) is 7.37. The van der Waals surface area contributed by atoms with Gasteiger partial charge >= 0.3 is 0 Å². The number of halogens is 1. The molecule has 2 aliphatic heterocycles. The minimum atomic E-state index is -1.05. The second-order valence-electron chi connectivity index (χ2n) is 8.00. The van der Waals surface area contributed by atoms with Gasteiger partial charge in [0.2, 0.25) is 0 Å². The Morgan fingerprint density at radius 1 is 1.16 bits per heavy atom. The van der Waals surface area contributed by atoms with Crippen LogP contribution in [0, 0.1) is 12.7 Å². The highest BCUT2D eigenvalue weighted by Gasteiger charge is 2.56. The molecular formula is C23H18FN3O3S. The van der Waals surface area contributed by atoms with Crippen LogP contribution in [0.3, 0.4) is 0 Å². The summed E-state index contributed by atoms with van der Waals surface area (Å²) in [5, 5.41) is 3.00. The van der Waals surface area contributed by atoms with Gasteiger partial charge in [0.1, 0.15) is 22.6 Å². The molecule has 4 aromatic rings. The molecule has 0 radical (unpaired) electrons. The molecular weight excluding hydrogens is 417 g/mol. The number of carbonyl (C=O) groups is 2. The lowest BCUT2D eigenvalue weighted by Crippen LogP contribution is -2.60. The van der Waals surface area contributed by atoms with Gasteiger partial charge in [-0.1, -0.05) is 12.1 Å². The molecule has 1 aromatic carbocycles. The molecule has 6 nitrogen and oxygen atoms in total. The van der Waals surface area contributed by atoms with Crippen molar-refractivity contribution in [1.29, 1.82) is 0 Å². The fraction of sp³-hybridized carbons (Fsp3) is 0.217. The smallest absolute Gasteiger partial charge is 0.272 e. The number of aryl methyl sites for hydroxylation is 1. The number of benzene rings is 1. The summed E-state index contributed by atoms with van der Waals surface area (Å²) in [6.45, 7) is 2.98. The van der Waals surface area contributed by atoms with Crippen molar-refractivity contribution in [3.05, 3.63) is 82.5 Å². The van der Waals surface area contributed by atoms with Crippen LogP contribution in [-0.2, 0) is 12.2 Å². The number of furan rings is 1. The zero-order valence-corrected chi connectivity index (χ0v) is 17.5. The summed E-state index contributed by atoms with van der Waals surface area (Å²) in [5.41, 5.74) is 1.48. The summed E-state index contributed by atoms with van der Waals surface area (Å²) < 4.78 is 21.0. The van der Waals surface area contributed by atoms with Gasteiger partial charge in [0.15, 0.2) is 5.66 Å². The second kappa shape index (κ2) is 6.31. The normalized spacial score (nSPS) is 20.4. The van der Waals surface area contributed by atoms with Crippen LogP contribution in [0.2, 0.25) is 0 Å². The van der Waals surface area contributed by atoms with Crippen LogP contribution in [0.1, 0.15) is 32.0 Å². The van der Waals surface area contributed by atoms with Crippen molar-refractivity contribution in [3.63, 3.8) is 0 Å². The molecule has 1 unspecified atom stereocenters. The van der Waals surface area contributed by atoms with E-state index in [0.29, 0.717) is 36.5 Å². The van der Waals surface area contributed by atoms with Crippen LogP contribution in [0.25, 0.3) is 10.2 Å². The van der Waals surface area contributed by atoms with Crippen molar-refractivity contribution in [2.75, 3.05) is 13.1 Å². The number of fused-ring (bicyclic) bond motifs is 4. The Bertz CT molecular complexity index is 1350. The number of hydrogen-bond donors (Lipinski definition) is 0. The van der Waals surface area contributed by atoms with E-state index in [1.54, 1.807) is 33.3 Å². The van der Waals surface area contributed by atoms with E-state index < -0.39 is 5.66 Å². The predicted octanol–water partition coefficient (Wildman–Crippen LogP) is 4.21. The number of rotatable bonds is 2. The van der Waals surface area contributed by atoms with Crippen LogP contribution < -0.4 is 0 Å². The maximum Gasteiger partial charge on any atom is 0.272 e. The second-order valence-corrected chi connectivity index (χ2v) is 8.90. The van der Waals surface area contributed by atoms with Crippen molar-refractivity contribution in [2.24, 2.45) is 0 Å². The quantitative estimate of drug-likeness (QED) is 0.474. The summed E-state index contributed by atoms with van der Waals surface area (Å²) in [4.78, 5) is 31.7. The van der Waals surface area contributed by atoms with Gasteiger partial charge in [0.05, 0.1) is 18.4 Å². The van der Waals surface area contributed by atoms with Crippen LogP contribution in [-0.4, -0.2) is 39.3 Å². The first-order valence-electron chi connectivity index (χ1n) is 10.0. The predicted molar refractivity (Wildman–Crippen MR) is 113 cm³/mol. The fourth-order valence-corrected chi connectivity index (χ4v) is 5.83. The van der Waals surface area contributed by atoms with Gasteiger partial charge in [0, 0.05) is 24.0 Å². The third-order valence-electron chi connectivity index (χ3n) is 6.42. The standard InChI is InChI=1S/C23H18FN3O3S/c1-14-11-30-12-18(14)20(28)26-7-8-27-21(29)19-10-15-6-9-31-22(15)25(19)13-23(26,27)16-2-4-17(24)5-3-16/h2-6,9-12H,7-8,13H2,1H3. The van der Waals surface area contributed by atoms with E-state index in [-0.39, 0.29) is 17.6 Å². The largest absolute Gasteiger partial charge is 0.471 e. The van der Waals surface area contributed by atoms with Gasteiger partial charge in [-0.05, 0) is 42.1 Å². The Hall–Kier alpha value is -3.39. The minimum Gasteiger partial charge on any atom is -0.471 e. The first kappa shape index (κ1) is 18.4. The lowest BCUT2D eigenvalue weighted by atomic mass is 9.93. The van der Waals surface area contributed by atoms with Gasteiger partial charge in [-0.15, -0.1) is 11.3 Å². The molecule has 1 saturated heterocycles. The zero-order valence-electron chi connectivity index (χ0n) is 16.7. The molecule has 31 heavy (non-hydrogen) atoms. The van der Waals surface area contributed by atoms with Gasteiger partial charge in [-0.3, -0.25) is 9.59 Å². The number of amides is 2. The Kier molecular flexibility index (Phi) is 3.74. The molecule has 2 amide bonds. The van der Waals surface area contributed by atoms with Crippen molar-refractivity contribution < 1.29 is 18.4 Å². The summed E-state index contributed by atoms with van der Waals surface area (Å²) in [6.07, 6.45) is 2.98. The van der Waals surface area contributed by atoms with Gasteiger partial charge < -0.3 is 18.8 Å². The SMILES string of the molecule is Cc1cocc1C(=O)N1CCN2C(=O)c3cc4ccsc4n3CC12c1ccc(F)cc1. The zero-order chi connectivity index (χ0) is 21.3. The summed E-state index contributed by atoms with van der Waals surface area (Å²) in [6, 6.07) is 10.00. The third kappa shape index (κ3) is 2.36. The molecule has 1 fully saturated rings. The number of hydrogen-bond acceptors (Lipinski definition) is 4. The monoisotopic (exact) mass is 435 g/mol. The van der Waals surface area contributed by atoms with Crippen LogP contribution in [0.4, 0.5) is 4.39 Å². The summed E-state index contributed by atoms with van der Waals surface area (Å²) in [7, 11) is 0. The Balaban J connectivity index is 1.59. The van der Waals surface area contributed by atoms with Crippen molar-refractivity contribution >= 4 is 33.4 Å². The molecule has 1 atom stereocenters. The Morgan fingerprint density at radius 2 is 1.97 bits per heavy atom. The van der Waals surface area contributed by atoms with E-state index in [0.717, 1.165) is 15.8 Å². The van der Waals surface area contributed by atoms with Gasteiger partial charge in [0.25, 0.3) is 11.8 Å². The highest BCUT2D eigenvalue weighted by Crippen LogP contribution is 2.45. The Labute approximate surface area is 181 Å². The maximum absolute atomic E-state index is 13.8. The molecule has 3 aromatic heterocycles. The maximum atomic E-state index is 13.8. The summed E-state index contributed by atoms with van der Waals surface area (Å²) in [5.74, 6) is -0.695. The van der Waals surface area contributed by atoms with Crippen molar-refractivity contribution in [1.82, 2.24) is 14.4 Å². The highest BCUT2D eigenvalue weighted by molar-refractivity contribution is 7.16. The van der Waals surface area contributed by atoms with E-state index >= 15 is 0 Å². The first-order chi connectivity index (χ1) is 15.0. The molecule has 0 spiro atoms. The van der Waals surface area contributed by atoms with Crippen molar-refractivity contribution in [3.8, 4) is 0 Å². The summed E-state index contributed by atoms with van der Waals surface area (Å²) >= 11 is 1.56. The number of aromatic nitrogens is 1. The van der Waals surface area contributed by atoms with Gasteiger partial charge in [-0.2, -0.15) is 0 Å². The molecule has 0 N–H and O–H groups in total. The van der Waals surface area contributed by atoms with E-state index in [4.69, 9.17) is 4.42 Å². The molecule has 6 rings (SSSR count). The number of carbonyl (C=O) groups excluding carboxylic acids is 2. The number of nitrogens with zero attached hydrogens (tertiary/aromatic N) is 3. The topological polar surface area (TPSA) is 58.7 Å². The lowest BCUT2D eigenvalue weighted by molar-refractivity contribution is -0.00512. The fourth-order valence-electron chi connectivity index (χ4n) is 4.94. The Morgan fingerprint density at radius 3 is 2.71 bits per heavy atom.